The average molecular weight is 290 g/mol. The molecule has 0 spiro atoms. The lowest BCUT2D eigenvalue weighted by Gasteiger charge is -2.07. The molecule has 0 fully saturated rings. The zero-order chi connectivity index (χ0) is 15.1. The van der Waals surface area contributed by atoms with Crippen molar-refractivity contribution in [2.24, 2.45) is 0 Å². The van der Waals surface area contributed by atoms with Crippen molar-refractivity contribution in [1.82, 2.24) is 9.78 Å². The molecule has 0 atom stereocenters. The van der Waals surface area contributed by atoms with Crippen LogP contribution in [0.1, 0.15) is 23.7 Å². The van der Waals surface area contributed by atoms with Crippen LogP contribution >= 0.6 is 0 Å². The van der Waals surface area contributed by atoms with Gasteiger partial charge < -0.3 is 14.6 Å². The fraction of sp³-hybridized carbons (Fsp3) is 0.333. The Morgan fingerprint density at radius 3 is 2.76 bits per heavy atom. The van der Waals surface area contributed by atoms with E-state index >= 15 is 0 Å². The van der Waals surface area contributed by atoms with Crippen molar-refractivity contribution in [1.29, 1.82) is 0 Å². The molecule has 0 saturated heterocycles. The molecule has 0 aliphatic heterocycles. The highest BCUT2D eigenvalue weighted by molar-refractivity contribution is 5.87. The van der Waals surface area contributed by atoms with Gasteiger partial charge in [0.2, 0.25) is 0 Å². The van der Waals surface area contributed by atoms with E-state index in [2.05, 4.69) is 12.0 Å². The van der Waals surface area contributed by atoms with Gasteiger partial charge in [0.15, 0.2) is 5.75 Å². The van der Waals surface area contributed by atoms with Gasteiger partial charge in [-0.25, -0.2) is 4.79 Å². The van der Waals surface area contributed by atoms with E-state index in [1.165, 1.54) is 12.1 Å². The molecule has 6 nitrogen and oxygen atoms in total. The molecule has 21 heavy (non-hydrogen) atoms. The second kappa shape index (κ2) is 7.33. The third-order valence-corrected chi connectivity index (χ3v) is 2.76. The number of hydrogen-bond acceptors (Lipinski definition) is 4. The second-order valence-corrected chi connectivity index (χ2v) is 4.47. The molecule has 0 bridgehead atoms. The van der Waals surface area contributed by atoms with Gasteiger partial charge in [-0.2, -0.15) is 5.10 Å². The molecule has 1 heterocycles. The largest absolute Gasteiger partial charge is 0.490 e. The number of aromatic nitrogens is 2. The molecule has 0 saturated carbocycles. The Balaban J connectivity index is 1.76. The van der Waals surface area contributed by atoms with Gasteiger partial charge in [0.05, 0.1) is 18.0 Å². The predicted molar refractivity (Wildman–Crippen MR) is 76.9 cm³/mol. The maximum Gasteiger partial charge on any atom is 0.335 e. The van der Waals surface area contributed by atoms with Crippen LogP contribution in [0.15, 0.2) is 36.7 Å². The summed E-state index contributed by atoms with van der Waals surface area (Å²) < 4.78 is 12.8. The van der Waals surface area contributed by atoms with E-state index in [9.17, 15) is 4.79 Å². The second-order valence-electron chi connectivity index (χ2n) is 4.47. The van der Waals surface area contributed by atoms with E-state index in [0.717, 1.165) is 13.0 Å². The number of rotatable bonds is 8. The Morgan fingerprint density at radius 2 is 2.05 bits per heavy atom. The van der Waals surface area contributed by atoms with Crippen molar-refractivity contribution in [2.45, 2.75) is 19.9 Å². The molecule has 1 aromatic carbocycles. The van der Waals surface area contributed by atoms with E-state index in [0.29, 0.717) is 24.7 Å². The number of benzene rings is 1. The van der Waals surface area contributed by atoms with E-state index in [1.807, 2.05) is 10.9 Å². The lowest BCUT2D eigenvalue weighted by Crippen LogP contribution is -2.09. The Hall–Kier alpha value is -2.50. The molecular weight excluding hydrogens is 272 g/mol. The molecule has 2 rings (SSSR count). The Labute approximate surface area is 122 Å². The van der Waals surface area contributed by atoms with Gasteiger partial charge in [-0.1, -0.05) is 13.0 Å². The highest BCUT2D eigenvalue weighted by atomic mass is 16.5. The number of aryl methyl sites for hydroxylation is 1. The first-order valence-corrected chi connectivity index (χ1v) is 6.80. The summed E-state index contributed by atoms with van der Waals surface area (Å²) in [5.41, 5.74) is 0.203. The molecule has 112 valence electrons. The minimum Gasteiger partial charge on any atom is -0.490 e. The number of hydrogen-bond donors (Lipinski definition) is 1. The number of carboxylic acid groups (broad SMARTS) is 1. The van der Waals surface area contributed by atoms with Crippen molar-refractivity contribution in [3.05, 3.63) is 42.2 Å². The Kier molecular flexibility index (Phi) is 5.20. The molecule has 0 radical (unpaired) electrons. The lowest BCUT2D eigenvalue weighted by molar-refractivity contribution is 0.0696. The average Bonchev–Trinajstić information content (AvgIpc) is 2.92. The van der Waals surface area contributed by atoms with Gasteiger partial charge in [0.25, 0.3) is 0 Å². The molecule has 2 aromatic rings. The topological polar surface area (TPSA) is 73.6 Å². The van der Waals surface area contributed by atoms with Gasteiger partial charge in [0.1, 0.15) is 19.0 Å². The molecule has 1 N–H and O–H groups in total. The number of carboxylic acids is 1. The number of aromatic carboxylic acids is 1. The summed E-state index contributed by atoms with van der Waals surface area (Å²) in [6.45, 7) is 3.65. The summed E-state index contributed by atoms with van der Waals surface area (Å²) in [7, 11) is 0. The fourth-order valence-electron chi connectivity index (χ4n) is 1.81. The van der Waals surface area contributed by atoms with Crippen LogP contribution in [0.5, 0.6) is 11.5 Å². The predicted octanol–water partition coefficient (Wildman–Crippen LogP) is 2.45. The van der Waals surface area contributed by atoms with Crippen LogP contribution < -0.4 is 9.47 Å². The SMILES string of the molecule is CCCn1cc(OCCOc2cccc(C(=O)O)c2)cn1. The Morgan fingerprint density at radius 1 is 1.29 bits per heavy atom. The van der Waals surface area contributed by atoms with Crippen LogP contribution in [0.25, 0.3) is 0 Å². The van der Waals surface area contributed by atoms with Gasteiger partial charge >= 0.3 is 5.97 Å². The summed E-state index contributed by atoms with van der Waals surface area (Å²) in [5.74, 6) is 0.242. The molecule has 0 amide bonds. The zero-order valence-electron chi connectivity index (χ0n) is 11.9. The molecule has 6 heteroatoms. The normalized spacial score (nSPS) is 10.3. The first-order chi connectivity index (χ1) is 10.2. The van der Waals surface area contributed by atoms with Gasteiger partial charge in [0, 0.05) is 6.54 Å². The maximum absolute atomic E-state index is 10.8. The van der Waals surface area contributed by atoms with Crippen molar-refractivity contribution < 1.29 is 19.4 Å². The van der Waals surface area contributed by atoms with Gasteiger partial charge in [-0.15, -0.1) is 0 Å². The summed E-state index contributed by atoms with van der Waals surface area (Å²) >= 11 is 0. The Bertz CT molecular complexity index is 595. The lowest BCUT2D eigenvalue weighted by atomic mass is 10.2. The van der Waals surface area contributed by atoms with Crippen LogP contribution in [-0.4, -0.2) is 34.1 Å². The minimum atomic E-state index is -0.972. The monoisotopic (exact) mass is 290 g/mol. The molecule has 0 unspecified atom stereocenters. The van der Waals surface area contributed by atoms with E-state index in [1.54, 1.807) is 18.3 Å². The van der Waals surface area contributed by atoms with Crippen molar-refractivity contribution in [2.75, 3.05) is 13.2 Å². The van der Waals surface area contributed by atoms with Crippen molar-refractivity contribution in [3.8, 4) is 11.5 Å². The summed E-state index contributed by atoms with van der Waals surface area (Å²) in [5, 5.41) is 13.0. The smallest absolute Gasteiger partial charge is 0.335 e. The third-order valence-electron chi connectivity index (χ3n) is 2.76. The first-order valence-electron chi connectivity index (χ1n) is 6.80. The quantitative estimate of drug-likeness (QED) is 0.756. The molecular formula is C15H18N2O4. The van der Waals surface area contributed by atoms with E-state index in [-0.39, 0.29) is 5.56 Å². The minimum absolute atomic E-state index is 0.203. The van der Waals surface area contributed by atoms with Crippen LogP contribution in [0, 0.1) is 0 Å². The van der Waals surface area contributed by atoms with Crippen molar-refractivity contribution in [3.63, 3.8) is 0 Å². The number of ether oxygens (including phenoxy) is 2. The van der Waals surface area contributed by atoms with E-state index in [4.69, 9.17) is 14.6 Å². The summed E-state index contributed by atoms with van der Waals surface area (Å²) in [4.78, 5) is 10.8. The van der Waals surface area contributed by atoms with Crippen LogP contribution in [0.2, 0.25) is 0 Å². The third kappa shape index (κ3) is 4.52. The van der Waals surface area contributed by atoms with E-state index < -0.39 is 5.97 Å². The zero-order valence-corrected chi connectivity index (χ0v) is 11.9. The molecule has 0 aliphatic rings. The standard InChI is InChI=1S/C15H18N2O4/c1-2-6-17-11-14(10-16-17)21-8-7-20-13-5-3-4-12(9-13)15(18)19/h3-5,9-11H,2,6-8H2,1H3,(H,18,19). The van der Waals surface area contributed by atoms with Crippen LogP contribution in [0.4, 0.5) is 0 Å². The highest BCUT2D eigenvalue weighted by Crippen LogP contribution is 2.13. The number of carbonyl (C=O) groups is 1. The first kappa shape index (κ1) is 14.9. The van der Waals surface area contributed by atoms with Crippen molar-refractivity contribution >= 4 is 5.97 Å². The molecule has 1 aromatic heterocycles. The van der Waals surface area contributed by atoms with Gasteiger partial charge in [-0.3, -0.25) is 4.68 Å². The van der Waals surface area contributed by atoms with Gasteiger partial charge in [-0.05, 0) is 24.6 Å². The van der Waals surface area contributed by atoms with Crippen LogP contribution in [0.3, 0.4) is 0 Å². The summed E-state index contributed by atoms with van der Waals surface area (Å²) in [6.07, 6.45) is 4.53. The maximum atomic E-state index is 10.8. The number of nitrogens with zero attached hydrogens (tertiary/aromatic N) is 2. The highest BCUT2D eigenvalue weighted by Gasteiger charge is 2.04. The molecule has 0 aliphatic carbocycles. The summed E-state index contributed by atoms with van der Waals surface area (Å²) in [6, 6.07) is 6.37. The fourth-order valence-corrected chi connectivity index (χ4v) is 1.81. The van der Waals surface area contributed by atoms with Crippen LogP contribution in [-0.2, 0) is 6.54 Å².